The Labute approximate surface area is 112 Å². The van der Waals surface area contributed by atoms with Crippen LogP contribution < -0.4 is 0 Å². The summed E-state index contributed by atoms with van der Waals surface area (Å²) in [5, 5.41) is 12.7. The Morgan fingerprint density at radius 1 is 1.17 bits per heavy atom. The van der Waals surface area contributed by atoms with Crippen molar-refractivity contribution >= 4 is 11.3 Å². The standard InChI is InChI=1S/C16H18OS/c1-16(17,15-6-3-11-18-15)14-9-7-13(8-10-14)12-4-2-5-12/h3,6-12,17H,2,4-5H2,1H3. The quantitative estimate of drug-likeness (QED) is 0.871. The Kier molecular flexibility index (Phi) is 3.00. The molecule has 18 heavy (non-hydrogen) atoms. The summed E-state index contributed by atoms with van der Waals surface area (Å²) in [6.07, 6.45) is 4.00. The number of thiophene rings is 1. The van der Waals surface area contributed by atoms with Crippen LogP contribution in [0, 0.1) is 0 Å². The molecule has 0 spiro atoms. The predicted molar refractivity (Wildman–Crippen MR) is 76.0 cm³/mol. The van der Waals surface area contributed by atoms with E-state index in [4.69, 9.17) is 0 Å². The van der Waals surface area contributed by atoms with E-state index in [9.17, 15) is 5.11 Å². The molecule has 0 radical (unpaired) electrons. The lowest BCUT2D eigenvalue weighted by Crippen LogP contribution is -2.21. The van der Waals surface area contributed by atoms with Crippen molar-refractivity contribution < 1.29 is 5.11 Å². The first-order chi connectivity index (χ1) is 8.68. The summed E-state index contributed by atoms with van der Waals surface area (Å²) in [5.41, 5.74) is 1.53. The van der Waals surface area contributed by atoms with E-state index in [1.54, 1.807) is 11.3 Å². The minimum Gasteiger partial charge on any atom is -0.380 e. The molecule has 1 nitrogen and oxygen atoms in total. The molecule has 0 saturated heterocycles. The second-order valence-corrected chi connectivity index (χ2v) is 6.25. The third-order valence-corrected chi connectivity index (χ3v) is 5.13. The molecule has 2 aromatic rings. The van der Waals surface area contributed by atoms with E-state index in [1.165, 1.54) is 24.8 Å². The summed E-state index contributed by atoms with van der Waals surface area (Å²) in [7, 11) is 0. The molecule has 0 bridgehead atoms. The van der Waals surface area contributed by atoms with Crippen LogP contribution in [0.15, 0.2) is 41.8 Å². The monoisotopic (exact) mass is 258 g/mol. The normalized spacial score (nSPS) is 19.2. The lowest BCUT2D eigenvalue weighted by Gasteiger charge is -2.27. The van der Waals surface area contributed by atoms with Gasteiger partial charge in [-0.3, -0.25) is 0 Å². The average molecular weight is 258 g/mol. The highest BCUT2D eigenvalue weighted by molar-refractivity contribution is 7.10. The molecule has 3 rings (SSSR count). The zero-order valence-corrected chi connectivity index (χ0v) is 11.4. The van der Waals surface area contributed by atoms with Crippen LogP contribution in [0.1, 0.15) is 48.1 Å². The van der Waals surface area contributed by atoms with E-state index < -0.39 is 5.60 Å². The van der Waals surface area contributed by atoms with Gasteiger partial charge in [-0.1, -0.05) is 36.8 Å². The molecular formula is C16H18OS. The molecule has 1 aromatic carbocycles. The molecule has 2 heteroatoms. The van der Waals surface area contributed by atoms with Crippen molar-refractivity contribution in [2.75, 3.05) is 0 Å². The molecule has 1 aromatic heterocycles. The lowest BCUT2D eigenvalue weighted by atomic mass is 9.79. The molecule has 1 heterocycles. The highest BCUT2D eigenvalue weighted by Gasteiger charge is 2.27. The average Bonchev–Trinajstić information content (AvgIpc) is 2.81. The molecule has 0 aliphatic heterocycles. The molecule has 1 aliphatic carbocycles. The van der Waals surface area contributed by atoms with Gasteiger partial charge in [0.05, 0.1) is 0 Å². The number of hydrogen-bond acceptors (Lipinski definition) is 2. The van der Waals surface area contributed by atoms with E-state index in [1.807, 2.05) is 24.4 Å². The molecule has 1 atom stereocenters. The van der Waals surface area contributed by atoms with Crippen LogP contribution in [0.3, 0.4) is 0 Å². The van der Waals surface area contributed by atoms with Gasteiger partial charge >= 0.3 is 0 Å². The van der Waals surface area contributed by atoms with Crippen molar-refractivity contribution in [2.45, 2.75) is 37.7 Å². The summed E-state index contributed by atoms with van der Waals surface area (Å²) < 4.78 is 0. The van der Waals surface area contributed by atoms with Crippen molar-refractivity contribution in [3.05, 3.63) is 57.8 Å². The van der Waals surface area contributed by atoms with Gasteiger partial charge in [-0.2, -0.15) is 0 Å². The van der Waals surface area contributed by atoms with Crippen LogP contribution >= 0.6 is 11.3 Å². The van der Waals surface area contributed by atoms with E-state index >= 15 is 0 Å². The topological polar surface area (TPSA) is 20.2 Å². The van der Waals surface area contributed by atoms with Crippen LogP contribution in [0.25, 0.3) is 0 Å². The zero-order valence-electron chi connectivity index (χ0n) is 10.6. The minimum absolute atomic E-state index is 0.755. The number of hydrogen-bond donors (Lipinski definition) is 1. The minimum atomic E-state index is -0.869. The second-order valence-electron chi connectivity index (χ2n) is 5.30. The Morgan fingerprint density at radius 3 is 2.39 bits per heavy atom. The van der Waals surface area contributed by atoms with Gasteiger partial charge in [0.2, 0.25) is 0 Å². The highest BCUT2D eigenvalue weighted by atomic mass is 32.1. The molecule has 1 N–H and O–H groups in total. The summed E-state index contributed by atoms with van der Waals surface area (Å²) >= 11 is 1.60. The zero-order chi connectivity index (χ0) is 12.6. The molecule has 0 amide bonds. The molecule has 1 saturated carbocycles. The van der Waals surface area contributed by atoms with Gasteiger partial charge in [0, 0.05) is 4.88 Å². The van der Waals surface area contributed by atoms with Crippen molar-refractivity contribution in [1.82, 2.24) is 0 Å². The summed E-state index contributed by atoms with van der Waals surface area (Å²) in [5.74, 6) is 0.755. The first-order valence-electron chi connectivity index (χ1n) is 6.55. The van der Waals surface area contributed by atoms with Gasteiger partial charge in [0.1, 0.15) is 5.60 Å². The van der Waals surface area contributed by atoms with Crippen LogP contribution in [0.2, 0.25) is 0 Å². The van der Waals surface area contributed by atoms with Crippen LogP contribution in [-0.2, 0) is 5.60 Å². The van der Waals surface area contributed by atoms with Crippen LogP contribution in [-0.4, -0.2) is 5.11 Å². The van der Waals surface area contributed by atoms with Gasteiger partial charge in [-0.15, -0.1) is 11.3 Å². The Balaban J connectivity index is 1.87. The summed E-state index contributed by atoms with van der Waals surface area (Å²) in [4.78, 5) is 0.999. The molecular weight excluding hydrogens is 240 g/mol. The molecule has 94 valence electrons. The van der Waals surface area contributed by atoms with Gasteiger partial charge < -0.3 is 5.11 Å². The van der Waals surface area contributed by atoms with E-state index in [2.05, 4.69) is 24.3 Å². The van der Waals surface area contributed by atoms with Gasteiger partial charge in [0.15, 0.2) is 0 Å². The number of benzene rings is 1. The Morgan fingerprint density at radius 2 is 1.89 bits per heavy atom. The SMILES string of the molecule is CC(O)(c1ccc(C2CCC2)cc1)c1cccs1. The molecule has 1 unspecified atom stereocenters. The van der Waals surface area contributed by atoms with E-state index in [-0.39, 0.29) is 0 Å². The van der Waals surface area contributed by atoms with E-state index in [0.717, 1.165) is 16.4 Å². The largest absolute Gasteiger partial charge is 0.380 e. The Bertz CT molecular complexity index is 507. The van der Waals surface area contributed by atoms with Crippen LogP contribution in [0.5, 0.6) is 0 Å². The van der Waals surface area contributed by atoms with Gasteiger partial charge in [-0.25, -0.2) is 0 Å². The lowest BCUT2D eigenvalue weighted by molar-refractivity contribution is 0.106. The molecule has 1 aliphatic rings. The van der Waals surface area contributed by atoms with Crippen molar-refractivity contribution in [3.8, 4) is 0 Å². The molecule has 1 fully saturated rings. The summed E-state index contributed by atoms with van der Waals surface area (Å²) in [6.45, 7) is 1.87. The Hall–Kier alpha value is -1.12. The number of rotatable bonds is 3. The van der Waals surface area contributed by atoms with E-state index in [0.29, 0.717) is 0 Å². The fourth-order valence-electron chi connectivity index (χ4n) is 2.52. The highest BCUT2D eigenvalue weighted by Crippen LogP contribution is 2.38. The van der Waals surface area contributed by atoms with Crippen LogP contribution in [0.4, 0.5) is 0 Å². The fraction of sp³-hybridized carbons (Fsp3) is 0.375. The smallest absolute Gasteiger partial charge is 0.121 e. The maximum absolute atomic E-state index is 10.7. The second kappa shape index (κ2) is 4.52. The van der Waals surface area contributed by atoms with Gasteiger partial charge in [-0.05, 0) is 48.3 Å². The van der Waals surface area contributed by atoms with Crippen molar-refractivity contribution in [2.24, 2.45) is 0 Å². The van der Waals surface area contributed by atoms with Crippen molar-refractivity contribution in [1.29, 1.82) is 0 Å². The maximum atomic E-state index is 10.7. The fourth-order valence-corrected chi connectivity index (χ4v) is 3.33. The third-order valence-electron chi connectivity index (χ3n) is 4.05. The first kappa shape index (κ1) is 11.9. The number of aliphatic hydroxyl groups is 1. The predicted octanol–water partition coefficient (Wildman–Crippen LogP) is 4.27. The maximum Gasteiger partial charge on any atom is 0.121 e. The first-order valence-corrected chi connectivity index (χ1v) is 7.42. The van der Waals surface area contributed by atoms with Gasteiger partial charge in [0.25, 0.3) is 0 Å². The summed E-state index contributed by atoms with van der Waals surface area (Å²) in [6, 6.07) is 12.5. The van der Waals surface area contributed by atoms with Crippen molar-refractivity contribution in [3.63, 3.8) is 0 Å². The third kappa shape index (κ3) is 2.00.